The van der Waals surface area contributed by atoms with Crippen molar-refractivity contribution < 1.29 is 31.7 Å². The van der Waals surface area contributed by atoms with E-state index in [4.69, 9.17) is 25.3 Å². The lowest BCUT2D eigenvalue weighted by atomic mass is 10.2. The van der Waals surface area contributed by atoms with Crippen LogP contribution in [0.4, 0.5) is 4.79 Å². The quantitative estimate of drug-likeness (QED) is 0.211. The second kappa shape index (κ2) is 11.6. The summed E-state index contributed by atoms with van der Waals surface area (Å²) in [4.78, 5) is 26.5. The average Bonchev–Trinajstić information content (AvgIpc) is 3.14. The minimum absolute atomic E-state index is 0.0311. The maximum Gasteiger partial charge on any atom is 0.339 e. The van der Waals surface area contributed by atoms with E-state index in [9.17, 15) is 18.0 Å². The first-order valence-electron chi connectivity index (χ1n) is 10.7. The molecule has 0 N–H and O–H groups in total. The highest BCUT2D eigenvalue weighted by molar-refractivity contribution is 9.10. The minimum Gasteiger partial charge on any atom is -0.497 e. The lowest BCUT2D eigenvalue weighted by Crippen LogP contribution is -2.32. The smallest absolute Gasteiger partial charge is 0.339 e. The van der Waals surface area contributed by atoms with Gasteiger partial charge in [-0.3, -0.25) is 14.5 Å². The molecule has 0 radical (unpaired) electrons. The number of imide groups is 1. The molecule has 2 amide bonds. The van der Waals surface area contributed by atoms with Gasteiger partial charge < -0.3 is 13.7 Å². The van der Waals surface area contributed by atoms with Crippen LogP contribution >= 0.6 is 39.3 Å². The lowest BCUT2D eigenvalue weighted by Gasteiger charge is -2.13. The van der Waals surface area contributed by atoms with Gasteiger partial charge in [0.2, 0.25) is 0 Å². The van der Waals surface area contributed by atoms with Gasteiger partial charge in [0, 0.05) is 0 Å². The Morgan fingerprint density at radius 3 is 2.43 bits per heavy atom. The van der Waals surface area contributed by atoms with Crippen molar-refractivity contribution in [2.24, 2.45) is 0 Å². The normalized spacial score (nSPS) is 14.8. The third-order valence-corrected chi connectivity index (χ3v) is 8.17. The molecule has 1 aliphatic rings. The number of rotatable bonds is 9. The maximum absolute atomic E-state index is 12.8. The summed E-state index contributed by atoms with van der Waals surface area (Å²) >= 11 is 10.2. The highest BCUT2D eigenvalue weighted by atomic mass is 79.9. The predicted molar refractivity (Wildman–Crippen MR) is 145 cm³/mol. The number of para-hydroxylation sites is 1. The topological polar surface area (TPSA) is 99.2 Å². The maximum atomic E-state index is 12.8. The number of carbonyl (C=O) groups is 2. The zero-order valence-corrected chi connectivity index (χ0v) is 23.2. The Morgan fingerprint density at radius 1 is 1.03 bits per heavy atom. The van der Waals surface area contributed by atoms with Crippen LogP contribution in [0.1, 0.15) is 5.56 Å². The van der Waals surface area contributed by atoms with Gasteiger partial charge in [0.15, 0.2) is 5.75 Å². The first-order valence-corrected chi connectivity index (χ1v) is 14.1. The first kappa shape index (κ1) is 27.1. The van der Waals surface area contributed by atoms with E-state index in [-0.39, 0.29) is 28.7 Å². The Morgan fingerprint density at radius 2 is 1.76 bits per heavy atom. The van der Waals surface area contributed by atoms with E-state index in [0.717, 1.165) is 16.7 Å². The number of amides is 2. The van der Waals surface area contributed by atoms with E-state index < -0.39 is 21.3 Å². The summed E-state index contributed by atoms with van der Waals surface area (Å²) in [5, 5.41) is 0.0231. The molecule has 0 spiro atoms. The third kappa shape index (κ3) is 6.48. The number of benzene rings is 3. The summed E-state index contributed by atoms with van der Waals surface area (Å²) in [6, 6.07) is 17.4. The molecule has 0 aliphatic carbocycles. The number of halogens is 2. The van der Waals surface area contributed by atoms with Crippen molar-refractivity contribution in [3.63, 3.8) is 0 Å². The predicted octanol–water partition coefficient (Wildman–Crippen LogP) is 5.99. The van der Waals surface area contributed by atoms with Crippen molar-refractivity contribution >= 4 is 66.6 Å². The molecule has 0 unspecified atom stereocenters. The molecule has 0 saturated carbocycles. The number of hydrogen-bond acceptors (Lipinski definition) is 8. The molecular weight excluding hydrogens is 606 g/mol. The second-order valence-corrected chi connectivity index (χ2v) is 11.3. The van der Waals surface area contributed by atoms with Crippen LogP contribution in [0, 0.1) is 0 Å². The van der Waals surface area contributed by atoms with Crippen LogP contribution in [0.25, 0.3) is 6.08 Å². The molecule has 1 saturated heterocycles. The van der Waals surface area contributed by atoms with E-state index in [1.807, 2.05) is 0 Å². The molecule has 37 heavy (non-hydrogen) atoms. The van der Waals surface area contributed by atoms with Crippen molar-refractivity contribution in [1.82, 2.24) is 4.90 Å². The number of hydrogen-bond donors (Lipinski definition) is 0. The molecule has 0 bridgehead atoms. The number of methoxy groups -OCH3 is 1. The van der Waals surface area contributed by atoms with Gasteiger partial charge in [-0.25, -0.2) is 0 Å². The molecule has 12 heteroatoms. The number of thioether (sulfide) groups is 1. The van der Waals surface area contributed by atoms with Crippen LogP contribution in [-0.2, 0) is 14.9 Å². The van der Waals surface area contributed by atoms with Crippen LogP contribution in [0.5, 0.6) is 17.2 Å². The standard InChI is InChI=1S/C25H19BrClNO7S2/c1-33-17-7-9-18(10-8-17)37(31,32)35-21-11-6-16(14-19(21)26)15-23-24(29)28(25(30)36-23)12-13-34-22-5-3-2-4-20(22)27/h2-11,14-15H,12-13H2,1H3/b23-15-. The summed E-state index contributed by atoms with van der Waals surface area (Å²) in [5.74, 6) is 0.601. The van der Waals surface area contributed by atoms with E-state index >= 15 is 0 Å². The van der Waals surface area contributed by atoms with E-state index in [0.29, 0.717) is 26.6 Å². The van der Waals surface area contributed by atoms with E-state index in [1.54, 1.807) is 42.5 Å². The molecule has 192 valence electrons. The lowest BCUT2D eigenvalue weighted by molar-refractivity contribution is -0.123. The van der Waals surface area contributed by atoms with E-state index in [1.165, 1.54) is 37.4 Å². The van der Waals surface area contributed by atoms with Crippen molar-refractivity contribution in [1.29, 1.82) is 0 Å². The highest BCUT2D eigenvalue weighted by Crippen LogP contribution is 2.35. The van der Waals surface area contributed by atoms with Crippen LogP contribution in [-0.4, -0.2) is 44.7 Å². The minimum atomic E-state index is -4.08. The molecule has 0 aromatic heterocycles. The third-order valence-electron chi connectivity index (χ3n) is 5.08. The number of nitrogens with zero attached hydrogens (tertiary/aromatic N) is 1. The fraction of sp³-hybridized carbons (Fsp3) is 0.120. The Hall–Kier alpha value is -2.99. The molecule has 1 heterocycles. The molecule has 3 aromatic carbocycles. The van der Waals surface area contributed by atoms with Crippen LogP contribution < -0.4 is 13.7 Å². The molecule has 3 aromatic rings. The summed E-state index contributed by atoms with van der Waals surface area (Å²) in [6.07, 6.45) is 1.55. The summed E-state index contributed by atoms with van der Waals surface area (Å²) in [7, 11) is -2.60. The summed E-state index contributed by atoms with van der Waals surface area (Å²) in [5.41, 5.74) is 0.568. The van der Waals surface area contributed by atoms with Crippen molar-refractivity contribution in [2.75, 3.05) is 20.3 Å². The molecule has 1 aliphatic heterocycles. The summed E-state index contributed by atoms with van der Waals surface area (Å²) < 4.78 is 41.5. The van der Waals surface area contributed by atoms with Crippen molar-refractivity contribution in [3.8, 4) is 17.2 Å². The molecule has 8 nitrogen and oxygen atoms in total. The van der Waals surface area contributed by atoms with Gasteiger partial charge in [0.05, 0.1) is 28.1 Å². The van der Waals surface area contributed by atoms with Gasteiger partial charge in [-0.05, 0) is 87.9 Å². The molecule has 0 atom stereocenters. The van der Waals surface area contributed by atoms with Gasteiger partial charge in [-0.15, -0.1) is 0 Å². The monoisotopic (exact) mass is 623 g/mol. The van der Waals surface area contributed by atoms with Gasteiger partial charge in [-0.2, -0.15) is 8.42 Å². The first-order chi connectivity index (χ1) is 17.7. The van der Waals surface area contributed by atoms with Gasteiger partial charge in [0.1, 0.15) is 23.0 Å². The average molecular weight is 625 g/mol. The van der Waals surface area contributed by atoms with Gasteiger partial charge >= 0.3 is 10.1 Å². The zero-order chi connectivity index (χ0) is 26.6. The summed E-state index contributed by atoms with van der Waals surface area (Å²) in [6.45, 7) is 0.155. The Kier molecular flexibility index (Phi) is 8.48. The van der Waals surface area contributed by atoms with E-state index in [2.05, 4.69) is 15.9 Å². The van der Waals surface area contributed by atoms with Gasteiger partial charge in [-0.1, -0.05) is 29.8 Å². The number of carbonyl (C=O) groups excluding carboxylic acids is 2. The largest absolute Gasteiger partial charge is 0.497 e. The molecule has 4 rings (SSSR count). The van der Waals surface area contributed by atoms with Crippen LogP contribution in [0.15, 0.2) is 81.0 Å². The van der Waals surface area contributed by atoms with Gasteiger partial charge in [0.25, 0.3) is 11.1 Å². The fourth-order valence-corrected chi connectivity index (χ4v) is 5.82. The Labute approximate surface area is 231 Å². The highest BCUT2D eigenvalue weighted by Gasteiger charge is 2.35. The van der Waals surface area contributed by atoms with Crippen LogP contribution in [0.2, 0.25) is 5.02 Å². The van der Waals surface area contributed by atoms with Crippen molar-refractivity contribution in [3.05, 3.63) is 86.7 Å². The molecular formula is C25H19BrClNO7S2. The SMILES string of the molecule is COc1ccc(S(=O)(=O)Oc2ccc(/C=C3\SC(=O)N(CCOc4ccccc4Cl)C3=O)cc2Br)cc1. The fourth-order valence-electron chi connectivity index (χ4n) is 3.24. The second-order valence-electron chi connectivity index (χ2n) is 7.52. The number of ether oxygens (including phenoxy) is 2. The van der Waals surface area contributed by atoms with Crippen molar-refractivity contribution in [2.45, 2.75) is 4.90 Å². The van der Waals surface area contributed by atoms with Crippen LogP contribution in [0.3, 0.4) is 0 Å². The Bertz CT molecular complexity index is 1480. The zero-order valence-electron chi connectivity index (χ0n) is 19.2. The molecule has 1 fully saturated rings. The Balaban J connectivity index is 1.42.